The van der Waals surface area contributed by atoms with Crippen molar-refractivity contribution < 1.29 is 0 Å². The smallest absolute Gasteiger partial charge is 0.166 e. The molecule has 0 aliphatic carbocycles. The summed E-state index contributed by atoms with van der Waals surface area (Å²) in [4.78, 5) is 32.8. The lowest BCUT2D eigenvalue weighted by atomic mass is 9.95. The summed E-state index contributed by atoms with van der Waals surface area (Å²) in [6.07, 6.45) is 0. The standard InChI is InChI=1S/C120H74N12/c1-5-30-75(31-6-1)115-121-116(76-32-7-2-8-33-76)124-119(123-115)83-67-82(68-88(69-83)131-110-62-57-84(127-102-48-21-13-40-89(102)90-41-14-22-49-103(90)127)71-97(110)98-72-85(58-63-111(98)131)128-104-50-23-15-42-91(104)92-43-16-24-51-105(92)128)80-39-29-38-79(66-80)81-56-61-114(101(70-81)120-125-117(77-34-9-3-10-35-77)122-118(126-120)78-36-11-4-12-37-78)132-112-64-59-86(129-106-52-25-17-44-93(106)94-45-18-26-53-107(94)129)73-99(112)100-74-87(60-65-113(100)132)130-108-54-27-19-46-95(108)96-47-20-28-55-109(96)130/h1-74H. The molecule has 19 aromatic carbocycles. The van der Waals surface area contributed by atoms with E-state index < -0.39 is 0 Å². The Balaban J connectivity index is 0.695. The van der Waals surface area contributed by atoms with Crippen LogP contribution >= 0.6 is 0 Å². The van der Waals surface area contributed by atoms with Gasteiger partial charge in [-0.05, 0) is 180 Å². The molecule has 0 N–H and O–H groups in total. The van der Waals surface area contributed by atoms with Crippen LogP contribution in [0.25, 0.3) is 256 Å². The van der Waals surface area contributed by atoms with Gasteiger partial charge in [-0.25, -0.2) is 29.9 Å². The van der Waals surface area contributed by atoms with Gasteiger partial charge in [-0.1, -0.05) is 291 Å². The molecule has 0 spiro atoms. The molecule has 0 unspecified atom stereocenters. The topological polar surface area (TPSA) is 107 Å². The Morgan fingerprint density at radius 3 is 0.667 bits per heavy atom. The van der Waals surface area contributed by atoms with Crippen molar-refractivity contribution in [2.45, 2.75) is 0 Å². The number of fused-ring (bicyclic) bond motifs is 18. The monoisotopic (exact) mass is 1680 g/mol. The summed E-state index contributed by atoms with van der Waals surface area (Å²) in [6.45, 7) is 0. The van der Waals surface area contributed by atoms with Gasteiger partial charge < -0.3 is 27.4 Å². The fraction of sp³-hybridized carbons (Fsp3) is 0. The van der Waals surface area contributed by atoms with Crippen LogP contribution in [0, 0.1) is 0 Å². The summed E-state index contributed by atoms with van der Waals surface area (Å²) in [5, 5.41) is 14.0. The van der Waals surface area contributed by atoms with Crippen LogP contribution in [0.5, 0.6) is 0 Å². The Morgan fingerprint density at radius 2 is 0.348 bits per heavy atom. The van der Waals surface area contributed by atoms with Crippen LogP contribution in [-0.2, 0) is 0 Å². The van der Waals surface area contributed by atoms with E-state index >= 15 is 0 Å². The van der Waals surface area contributed by atoms with Gasteiger partial charge in [0.15, 0.2) is 34.9 Å². The van der Waals surface area contributed by atoms with E-state index in [9.17, 15) is 0 Å². The molecule has 27 rings (SSSR count). The molecular weight excluding hydrogens is 1610 g/mol. The molecule has 8 aromatic heterocycles. The Labute approximate surface area is 756 Å². The lowest BCUT2D eigenvalue weighted by Gasteiger charge is -2.17. The molecule has 12 heteroatoms. The summed E-state index contributed by atoms with van der Waals surface area (Å²) in [5.41, 5.74) is 28.2. The van der Waals surface area contributed by atoms with Gasteiger partial charge in [0.2, 0.25) is 0 Å². The predicted octanol–water partition coefficient (Wildman–Crippen LogP) is 30.0. The third-order valence-corrected chi connectivity index (χ3v) is 26.7. The highest BCUT2D eigenvalue weighted by Gasteiger charge is 2.27. The van der Waals surface area contributed by atoms with Crippen LogP contribution in [0.1, 0.15) is 0 Å². The first-order valence-electron chi connectivity index (χ1n) is 44.7. The van der Waals surface area contributed by atoms with Crippen molar-refractivity contribution in [2.75, 3.05) is 0 Å². The number of hydrogen-bond acceptors (Lipinski definition) is 6. The van der Waals surface area contributed by atoms with Crippen molar-refractivity contribution in [1.82, 2.24) is 57.3 Å². The molecule has 27 aromatic rings. The summed E-state index contributed by atoms with van der Waals surface area (Å²) in [5.74, 6) is 3.30. The third-order valence-electron chi connectivity index (χ3n) is 26.7. The second-order valence-corrected chi connectivity index (χ2v) is 34.1. The Hall–Kier alpha value is -18.0. The first-order valence-corrected chi connectivity index (χ1v) is 44.7. The predicted molar refractivity (Wildman–Crippen MR) is 543 cm³/mol. The van der Waals surface area contributed by atoms with Gasteiger partial charge in [-0.2, -0.15) is 0 Å². The van der Waals surface area contributed by atoms with E-state index in [0.717, 1.165) is 178 Å². The molecule has 614 valence electrons. The Bertz CT molecular complexity index is 8750. The molecule has 0 amide bonds. The van der Waals surface area contributed by atoms with Crippen molar-refractivity contribution >= 4 is 131 Å². The van der Waals surface area contributed by atoms with Gasteiger partial charge in [-0.3, -0.25) is 0 Å². The molecule has 0 aliphatic heterocycles. The van der Waals surface area contributed by atoms with Gasteiger partial charge in [0.25, 0.3) is 0 Å². The molecule has 0 aliphatic rings. The van der Waals surface area contributed by atoms with Crippen molar-refractivity contribution in [3.63, 3.8) is 0 Å². The van der Waals surface area contributed by atoms with Crippen molar-refractivity contribution in [3.8, 4) is 125 Å². The first-order chi connectivity index (χ1) is 65.4. The van der Waals surface area contributed by atoms with E-state index in [1.807, 2.05) is 72.8 Å². The maximum absolute atomic E-state index is 5.63. The second-order valence-electron chi connectivity index (χ2n) is 34.1. The van der Waals surface area contributed by atoms with Crippen LogP contribution < -0.4 is 0 Å². The minimum Gasteiger partial charge on any atom is -0.309 e. The number of rotatable bonds is 14. The summed E-state index contributed by atoms with van der Waals surface area (Å²) < 4.78 is 14.6. The highest BCUT2D eigenvalue weighted by atomic mass is 15.1. The maximum Gasteiger partial charge on any atom is 0.166 e. The molecule has 0 bridgehead atoms. The highest BCUT2D eigenvalue weighted by Crippen LogP contribution is 2.47. The average molecular weight is 1680 g/mol. The minimum absolute atomic E-state index is 0.518. The number of hydrogen-bond donors (Lipinski definition) is 0. The van der Waals surface area contributed by atoms with Gasteiger partial charge in [0.05, 0.1) is 71.9 Å². The van der Waals surface area contributed by atoms with E-state index in [4.69, 9.17) is 29.9 Å². The zero-order valence-electron chi connectivity index (χ0n) is 71.1. The fourth-order valence-electron chi connectivity index (χ4n) is 20.8. The number of aromatic nitrogens is 12. The maximum atomic E-state index is 5.63. The Kier molecular flexibility index (Phi) is 16.8. The molecule has 132 heavy (non-hydrogen) atoms. The van der Waals surface area contributed by atoms with E-state index in [0.29, 0.717) is 34.9 Å². The second kappa shape index (κ2) is 29.8. The molecule has 0 atom stereocenters. The SMILES string of the molecule is c1ccc(-c2nc(-c3ccccc3)nc(-c3cc(-c4cccc(-c5ccc(-n6c7ccc(-n8c9ccccc9c9ccccc98)cc7c7cc(-n8c9ccccc9c9ccccc98)ccc76)c(-c6nc(-c7ccccc7)nc(-c7ccccc7)n6)c5)c4)cc(-n4c5ccc(-n6c7ccccc7c7ccccc76)cc5c5cc(-n6c7ccccc7c7ccccc76)ccc54)c3)n2)cc1. The van der Waals surface area contributed by atoms with Crippen LogP contribution in [0.15, 0.2) is 449 Å². The van der Waals surface area contributed by atoms with Crippen molar-refractivity contribution in [3.05, 3.63) is 449 Å². The zero-order valence-corrected chi connectivity index (χ0v) is 71.1. The van der Waals surface area contributed by atoms with Gasteiger partial charge in [0.1, 0.15) is 0 Å². The molecule has 0 fully saturated rings. The molecule has 0 saturated heterocycles. The van der Waals surface area contributed by atoms with E-state index in [-0.39, 0.29) is 0 Å². The number of nitrogens with zero attached hydrogens (tertiary/aromatic N) is 12. The quantitative estimate of drug-likeness (QED) is 0.107. The summed E-state index contributed by atoms with van der Waals surface area (Å²) in [6, 6.07) is 162. The number of benzene rings is 19. The van der Waals surface area contributed by atoms with Crippen molar-refractivity contribution in [1.29, 1.82) is 0 Å². The molecule has 12 nitrogen and oxygen atoms in total. The van der Waals surface area contributed by atoms with Crippen molar-refractivity contribution in [2.24, 2.45) is 0 Å². The third kappa shape index (κ3) is 11.9. The first kappa shape index (κ1) is 74.3. The molecule has 0 radical (unpaired) electrons. The van der Waals surface area contributed by atoms with E-state index in [1.54, 1.807) is 0 Å². The lowest BCUT2D eigenvalue weighted by molar-refractivity contribution is 1.06. The Morgan fingerprint density at radius 1 is 0.121 bits per heavy atom. The normalized spacial score (nSPS) is 11.9. The summed E-state index contributed by atoms with van der Waals surface area (Å²) in [7, 11) is 0. The van der Waals surface area contributed by atoms with E-state index in [2.05, 4.69) is 404 Å². The average Bonchev–Trinajstić information content (AvgIpc) is 1.56. The van der Waals surface area contributed by atoms with Gasteiger partial charge in [0, 0.05) is 126 Å². The van der Waals surface area contributed by atoms with Gasteiger partial charge >= 0.3 is 0 Å². The highest BCUT2D eigenvalue weighted by molar-refractivity contribution is 6.17. The molecule has 0 saturated carbocycles. The zero-order chi connectivity index (χ0) is 86.6. The van der Waals surface area contributed by atoms with Crippen LogP contribution in [0.3, 0.4) is 0 Å². The fourth-order valence-corrected chi connectivity index (χ4v) is 20.8. The number of para-hydroxylation sites is 8. The largest absolute Gasteiger partial charge is 0.309 e. The molecule has 8 heterocycles. The van der Waals surface area contributed by atoms with Crippen LogP contribution in [0.4, 0.5) is 0 Å². The lowest BCUT2D eigenvalue weighted by Crippen LogP contribution is -2.04. The summed E-state index contributed by atoms with van der Waals surface area (Å²) >= 11 is 0. The minimum atomic E-state index is 0.518. The van der Waals surface area contributed by atoms with Crippen LogP contribution in [-0.4, -0.2) is 57.3 Å². The van der Waals surface area contributed by atoms with Crippen LogP contribution in [0.2, 0.25) is 0 Å². The molecular formula is C120H74N12. The van der Waals surface area contributed by atoms with E-state index in [1.165, 1.54) is 43.1 Å². The van der Waals surface area contributed by atoms with Gasteiger partial charge in [-0.15, -0.1) is 0 Å².